The van der Waals surface area contributed by atoms with Crippen molar-refractivity contribution in [2.45, 2.75) is 82.1 Å². The molecule has 0 unspecified atom stereocenters. The van der Waals surface area contributed by atoms with E-state index in [1.54, 1.807) is 24.0 Å². The minimum Gasteiger partial charge on any atom is -0.497 e. The molecule has 5 aromatic carbocycles. The number of carbonyl (C=O) groups excluding carboxylic acids is 3. The Morgan fingerprint density at radius 1 is 0.857 bits per heavy atom. The summed E-state index contributed by atoms with van der Waals surface area (Å²) in [5.41, 5.74) is 5.43. The van der Waals surface area contributed by atoms with Gasteiger partial charge in [0.15, 0.2) is 5.60 Å². The molecule has 4 heterocycles. The third kappa shape index (κ3) is 7.43. The third-order valence-electron chi connectivity index (χ3n) is 14.0. The molecule has 0 aliphatic carbocycles. The lowest BCUT2D eigenvalue weighted by Gasteiger charge is -2.39. The SMILES string of the molecule is COc1ccc([Si](C)(C)[C@H]2[C@H](CC(=O)N3Cc4ccccc4C[C@H]3CO)O[C@@]3(C(=O)N(Cc4ccc(N5N=C(c6ccccc6)CCC5=O)cc4)c4ccc(OC)cc43)[C@@H]2C)cc1. The number of amides is 3. The number of carbonyl (C=O) groups is 3. The van der Waals surface area contributed by atoms with Crippen LogP contribution in [0.1, 0.15) is 54.0 Å². The second-order valence-corrected chi connectivity index (χ2v) is 22.4. The van der Waals surface area contributed by atoms with E-state index < -0.39 is 19.8 Å². The maximum absolute atomic E-state index is 15.6. The van der Waals surface area contributed by atoms with Crippen molar-refractivity contribution < 1.29 is 33.7 Å². The molecule has 5 aromatic rings. The van der Waals surface area contributed by atoms with Gasteiger partial charge in [-0.05, 0) is 76.7 Å². The van der Waals surface area contributed by atoms with E-state index >= 15 is 4.79 Å². The van der Waals surface area contributed by atoms with Crippen LogP contribution in [0.2, 0.25) is 18.6 Å². The summed E-state index contributed by atoms with van der Waals surface area (Å²) in [7, 11) is 0.693. The summed E-state index contributed by atoms with van der Waals surface area (Å²) in [4.78, 5) is 47.0. The number of anilines is 2. The summed E-state index contributed by atoms with van der Waals surface area (Å²) in [5, 5.41) is 17.9. The van der Waals surface area contributed by atoms with Crippen LogP contribution in [-0.4, -0.2) is 74.5 Å². The molecule has 11 nitrogen and oxygen atoms in total. The molecule has 4 aliphatic rings. The molecule has 1 N–H and O–H groups in total. The summed E-state index contributed by atoms with van der Waals surface area (Å²) >= 11 is 0. The molecule has 1 spiro atoms. The Labute approximate surface area is 369 Å². The van der Waals surface area contributed by atoms with E-state index in [0.29, 0.717) is 37.2 Å². The lowest BCUT2D eigenvalue weighted by atomic mass is 9.82. The predicted molar refractivity (Wildman–Crippen MR) is 246 cm³/mol. The fraction of sp³-hybridized carbons (Fsp3) is 0.333. The Morgan fingerprint density at radius 2 is 1.54 bits per heavy atom. The standard InChI is InChI=1S/C51H54N4O7Si/c1-33-49(63(4,5)42-22-19-40(60-2)20-23-42)46(29-48(58)53-31-37-14-10-9-13-36(37)27-39(53)32-56)62-51(33)43-28-41(61-3)21-25-45(43)54(50(51)59)30-34-15-17-38(18-16-34)55-47(57)26-24-44(52-55)35-11-7-6-8-12-35/h6-23,25,28,33,39,46,49,56H,24,26-27,29-32H2,1-5H3/t33-,39+,46+,49-,51+/m1/s1. The largest absolute Gasteiger partial charge is 0.497 e. The lowest BCUT2D eigenvalue weighted by Crippen LogP contribution is -2.52. The summed E-state index contributed by atoms with van der Waals surface area (Å²) in [5.74, 6) is 0.640. The molecule has 9 rings (SSSR count). The van der Waals surface area contributed by atoms with Gasteiger partial charge in [-0.15, -0.1) is 0 Å². The van der Waals surface area contributed by atoms with Crippen molar-refractivity contribution in [1.82, 2.24) is 4.90 Å². The van der Waals surface area contributed by atoms with Gasteiger partial charge < -0.3 is 29.1 Å². The van der Waals surface area contributed by atoms with Crippen LogP contribution in [-0.2, 0) is 44.2 Å². The van der Waals surface area contributed by atoms with Gasteiger partial charge >= 0.3 is 0 Å². The van der Waals surface area contributed by atoms with E-state index in [1.165, 1.54) is 10.2 Å². The van der Waals surface area contributed by atoms with Gasteiger partial charge in [0.05, 0.1) is 71.1 Å². The molecule has 4 aliphatic heterocycles. The number of hydrogen-bond donors (Lipinski definition) is 1. The van der Waals surface area contributed by atoms with Gasteiger partial charge in [0, 0.05) is 30.9 Å². The number of rotatable bonds is 11. The molecule has 12 heteroatoms. The minimum absolute atomic E-state index is 0.0553. The highest BCUT2D eigenvalue weighted by atomic mass is 28.3. The number of aliphatic hydroxyl groups is 1. The van der Waals surface area contributed by atoms with Gasteiger partial charge in [-0.3, -0.25) is 14.4 Å². The van der Waals surface area contributed by atoms with Gasteiger partial charge in [-0.1, -0.05) is 104 Å². The minimum atomic E-state index is -2.57. The first kappa shape index (κ1) is 42.2. The lowest BCUT2D eigenvalue weighted by molar-refractivity contribution is -0.151. The van der Waals surface area contributed by atoms with Crippen LogP contribution < -0.4 is 24.6 Å². The average Bonchev–Trinajstić information content (AvgIpc) is 3.74. The van der Waals surface area contributed by atoms with Crippen LogP contribution in [0, 0.1) is 5.92 Å². The van der Waals surface area contributed by atoms with Crippen molar-refractivity contribution in [1.29, 1.82) is 0 Å². The van der Waals surface area contributed by atoms with Crippen LogP contribution in [0.15, 0.2) is 126 Å². The van der Waals surface area contributed by atoms with E-state index in [2.05, 4.69) is 38.2 Å². The molecule has 324 valence electrons. The second-order valence-electron chi connectivity index (χ2n) is 17.8. The number of fused-ring (bicyclic) bond motifs is 3. The quantitative estimate of drug-likeness (QED) is 0.138. The number of hydrazone groups is 1. The van der Waals surface area contributed by atoms with E-state index in [0.717, 1.165) is 45.0 Å². The fourth-order valence-electron chi connectivity index (χ4n) is 10.6. The van der Waals surface area contributed by atoms with Gasteiger partial charge in [0.25, 0.3) is 5.91 Å². The number of hydrogen-bond acceptors (Lipinski definition) is 8. The Balaban J connectivity index is 1.06. The van der Waals surface area contributed by atoms with Gasteiger partial charge in [0.2, 0.25) is 11.8 Å². The average molecular weight is 863 g/mol. The first-order valence-corrected chi connectivity index (χ1v) is 24.9. The Hall–Kier alpha value is -6.08. The number of methoxy groups -OCH3 is 2. The van der Waals surface area contributed by atoms with Gasteiger partial charge in [-0.25, -0.2) is 5.01 Å². The first-order chi connectivity index (χ1) is 30.5. The molecule has 3 amide bonds. The molecule has 0 bridgehead atoms. The van der Waals surface area contributed by atoms with Crippen LogP contribution in [0.25, 0.3) is 0 Å². The molecule has 0 radical (unpaired) electrons. The number of aliphatic hydroxyl groups excluding tert-OH is 1. The zero-order chi connectivity index (χ0) is 44.0. The molecule has 0 saturated carbocycles. The summed E-state index contributed by atoms with van der Waals surface area (Å²) in [6.07, 6.45) is 0.945. The molecule has 63 heavy (non-hydrogen) atoms. The van der Waals surface area contributed by atoms with E-state index in [9.17, 15) is 14.7 Å². The molecular weight excluding hydrogens is 809 g/mol. The highest BCUT2D eigenvalue weighted by Gasteiger charge is 2.66. The molecule has 0 aromatic heterocycles. The van der Waals surface area contributed by atoms with Crippen molar-refractivity contribution in [3.8, 4) is 11.5 Å². The predicted octanol–water partition coefficient (Wildman–Crippen LogP) is 7.33. The van der Waals surface area contributed by atoms with Crippen LogP contribution in [0.3, 0.4) is 0 Å². The zero-order valence-corrected chi connectivity index (χ0v) is 37.5. The summed E-state index contributed by atoms with van der Waals surface area (Å²) in [6, 6.07) is 39.1. The maximum Gasteiger partial charge on any atom is 0.264 e. The molecule has 5 atom stereocenters. The Bertz CT molecular complexity index is 2570. The molecule has 1 fully saturated rings. The second kappa shape index (κ2) is 16.9. The summed E-state index contributed by atoms with van der Waals surface area (Å²) in [6.45, 7) is 7.21. The van der Waals surface area contributed by atoms with Crippen LogP contribution in [0.4, 0.5) is 11.4 Å². The normalized spacial score (nSPS) is 23.1. The summed E-state index contributed by atoms with van der Waals surface area (Å²) < 4.78 is 18.6. The topological polar surface area (TPSA) is 121 Å². The van der Waals surface area contributed by atoms with Crippen molar-refractivity contribution in [3.05, 3.63) is 149 Å². The molecular formula is C51H54N4O7Si. The number of benzene rings is 5. The van der Waals surface area contributed by atoms with Crippen molar-refractivity contribution in [3.63, 3.8) is 0 Å². The maximum atomic E-state index is 15.6. The monoisotopic (exact) mass is 862 g/mol. The van der Waals surface area contributed by atoms with E-state index in [1.807, 2.05) is 103 Å². The van der Waals surface area contributed by atoms with Crippen molar-refractivity contribution in [2.75, 3.05) is 30.7 Å². The van der Waals surface area contributed by atoms with Crippen LogP contribution >= 0.6 is 0 Å². The number of ether oxygens (including phenoxy) is 3. The van der Waals surface area contributed by atoms with Crippen molar-refractivity contribution in [2.24, 2.45) is 11.0 Å². The first-order valence-electron chi connectivity index (χ1n) is 21.8. The Kier molecular flexibility index (Phi) is 11.3. The van der Waals surface area contributed by atoms with E-state index in [-0.39, 0.29) is 54.8 Å². The van der Waals surface area contributed by atoms with E-state index in [4.69, 9.17) is 19.3 Å². The fourth-order valence-corrected chi connectivity index (χ4v) is 14.6. The van der Waals surface area contributed by atoms with Crippen LogP contribution in [0.5, 0.6) is 11.5 Å². The highest BCUT2D eigenvalue weighted by Crippen LogP contribution is 2.60. The van der Waals surface area contributed by atoms with Gasteiger partial charge in [0.1, 0.15) is 11.5 Å². The van der Waals surface area contributed by atoms with Gasteiger partial charge in [-0.2, -0.15) is 5.10 Å². The highest BCUT2D eigenvalue weighted by molar-refractivity contribution is 6.91. The zero-order valence-electron chi connectivity index (χ0n) is 36.5. The molecule has 1 saturated heterocycles. The smallest absolute Gasteiger partial charge is 0.264 e. The third-order valence-corrected chi connectivity index (χ3v) is 18.3. The number of nitrogens with zero attached hydrogens (tertiary/aromatic N) is 4. The Morgan fingerprint density at radius 3 is 2.24 bits per heavy atom. The van der Waals surface area contributed by atoms with Crippen molar-refractivity contribution >= 4 is 48.1 Å².